The Bertz CT molecular complexity index is 1310. The first kappa shape index (κ1) is 21.5. The molecule has 5 nitrogen and oxygen atoms in total. The first-order valence-electron chi connectivity index (χ1n) is 8.84. The lowest BCUT2D eigenvalue weighted by atomic mass is 10.1. The molecule has 0 bridgehead atoms. The van der Waals surface area contributed by atoms with E-state index in [2.05, 4.69) is 19.9 Å². The van der Waals surface area contributed by atoms with Crippen molar-refractivity contribution in [2.75, 3.05) is 7.11 Å². The first-order valence-corrected chi connectivity index (χ1v) is 8.84. The highest BCUT2D eigenvalue weighted by atomic mass is 19.4. The zero-order valence-electron chi connectivity index (χ0n) is 15.9. The maximum absolute atomic E-state index is 14.3. The molecule has 4 aromatic rings. The molecule has 1 N–H and O–H groups in total. The molecule has 12 heteroatoms. The van der Waals surface area contributed by atoms with Gasteiger partial charge in [-0.05, 0) is 30.3 Å². The van der Waals surface area contributed by atoms with Crippen LogP contribution in [0.4, 0.5) is 30.7 Å². The molecule has 0 atom stereocenters. The van der Waals surface area contributed by atoms with Crippen LogP contribution in [-0.4, -0.2) is 27.0 Å². The average molecular weight is 456 g/mol. The van der Waals surface area contributed by atoms with E-state index < -0.39 is 52.0 Å². The number of fused-ring (bicyclic) bond motifs is 1. The molecule has 32 heavy (non-hydrogen) atoms. The van der Waals surface area contributed by atoms with Crippen molar-refractivity contribution in [3.05, 3.63) is 59.5 Å². The highest BCUT2D eigenvalue weighted by Gasteiger charge is 2.37. The van der Waals surface area contributed by atoms with Crippen LogP contribution in [0.25, 0.3) is 33.9 Å². The van der Waals surface area contributed by atoms with Crippen LogP contribution in [-0.2, 0) is 12.4 Å². The maximum Gasteiger partial charge on any atom is 0.435 e. The Balaban J connectivity index is 1.92. The summed E-state index contributed by atoms with van der Waals surface area (Å²) in [6.07, 6.45) is -9.72. The number of alkyl halides is 6. The molecule has 0 aliphatic carbocycles. The highest BCUT2D eigenvalue weighted by molar-refractivity contribution is 5.81. The van der Waals surface area contributed by atoms with Crippen molar-refractivity contribution in [2.45, 2.75) is 12.4 Å². The number of H-pyrrole nitrogens is 1. The topological polar surface area (TPSA) is 63.7 Å². The Morgan fingerprint density at radius 3 is 2.19 bits per heavy atom. The number of para-hydroxylation sites is 1. The number of hydrogen-bond donors (Lipinski definition) is 1. The van der Waals surface area contributed by atoms with Gasteiger partial charge in [-0.1, -0.05) is 12.1 Å². The summed E-state index contributed by atoms with van der Waals surface area (Å²) < 4.78 is 98.9. The van der Waals surface area contributed by atoms with Crippen molar-refractivity contribution in [3.8, 4) is 28.5 Å². The number of ether oxygens (including phenoxy) is 1. The number of methoxy groups -OCH3 is 1. The summed E-state index contributed by atoms with van der Waals surface area (Å²) in [4.78, 5) is 13.8. The fourth-order valence-corrected chi connectivity index (χ4v) is 3.06. The third-order valence-corrected chi connectivity index (χ3v) is 4.52. The van der Waals surface area contributed by atoms with Crippen molar-refractivity contribution in [3.63, 3.8) is 0 Å². The molecule has 166 valence electrons. The summed E-state index contributed by atoms with van der Waals surface area (Å²) in [5, 5.41) is 0. The first-order chi connectivity index (χ1) is 15.0. The maximum atomic E-state index is 14.3. The Morgan fingerprint density at radius 1 is 0.844 bits per heavy atom. The van der Waals surface area contributed by atoms with Crippen LogP contribution in [0.5, 0.6) is 5.75 Å². The molecule has 4 rings (SSSR count). The average Bonchev–Trinajstić information content (AvgIpc) is 3.15. The van der Waals surface area contributed by atoms with E-state index in [4.69, 9.17) is 4.74 Å². The minimum Gasteiger partial charge on any atom is -0.496 e. The fraction of sp³-hybridized carbons (Fsp3) is 0.150. The van der Waals surface area contributed by atoms with Crippen LogP contribution in [0.2, 0.25) is 0 Å². The molecule has 0 unspecified atom stereocenters. The van der Waals surface area contributed by atoms with Crippen molar-refractivity contribution in [1.82, 2.24) is 19.9 Å². The van der Waals surface area contributed by atoms with E-state index >= 15 is 0 Å². The molecule has 2 heterocycles. The van der Waals surface area contributed by atoms with Gasteiger partial charge >= 0.3 is 12.4 Å². The Kier molecular flexibility index (Phi) is 5.02. The molecule has 2 aromatic carbocycles. The molecular weight excluding hydrogens is 445 g/mol. The van der Waals surface area contributed by atoms with E-state index in [0.29, 0.717) is 6.07 Å². The Morgan fingerprint density at radius 2 is 1.56 bits per heavy atom. The van der Waals surface area contributed by atoms with E-state index in [1.165, 1.54) is 19.2 Å². The molecule has 0 aliphatic heterocycles. The SMILES string of the molecule is COc1ccccc1-c1nc(C(F)(F)F)c2[nH]c(-c3ccc(C(F)(F)F)cc3F)nc2n1. The lowest BCUT2D eigenvalue weighted by Crippen LogP contribution is -2.11. The van der Waals surface area contributed by atoms with Crippen molar-refractivity contribution >= 4 is 11.2 Å². The molecule has 0 radical (unpaired) electrons. The second kappa shape index (κ2) is 7.46. The molecule has 0 aliphatic rings. The number of nitrogens with zero attached hydrogens (tertiary/aromatic N) is 3. The van der Waals surface area contributed by atoms with Crippen molar-refractivity contribution < 1.29 is 35.5 Å². The zero-order valence-corrected chi connectivity index (χ0v) is 15.9. The van der Waals surface area contributed by atoms with Crippen LogP contribution < -0.4 is 4.74 Å². The molecule has 0 saturated heterocycles. The molecule has 0 spiro atoms. The van der Waals surface area contributed by atoms with Gasteiger partial charge in [-0.15, -0.1) is 0 Å². The number of rotatable bonds is 3. The Hall–Kier alpha value is -3.70. The molecule has 0 fully saturated rings. The summed E-state index contributed by atoms with van der Waals surface area (Å²) in [6.45, 7) is 0. The third-order valence-electron chi connectivity index (χ3n) is 4.52. The number of imidazole rings is 1. The number of benzene rings is 2. The number of halogens is 7. The van der Waals surface area contributed by atoms with Gasteiger partial charge in [0.1, 0.15) is 22.9 Å². The van der Waals surface area contributed by atoms with E-state index in [9.17, 15) is 30.7 Å². The molecule has 2 aromatic heterocycles. The van der Waals surface area contributed by atoms with E-state index in [1.54, 1.807) is 12.1 Å². The number of nitrogens with one attached hydrogen (secondary N) is 1. The predicted molar refractivity (Wildman–Crippen MR) is 99.1 cm³/mol. The number of aromatic amines is 1. The minimum atomic E-state index is -4.93. The monoisotopic (exact) mass is 456 g/mol. The van der Waals surface area contributed by atoms with Crippen LogP contribution in [0, 0.1) is 5.82 Å². The highest BCUT2D eigenvalue weighted by Crippen LogP contribution is 2.37. The largest absolute Gasteiger partial charge is 0.496 e. The van der Waals surface area contributed by atoms with Gasteiger partial charge in [0.15, 0.2) is 17.2 Å². The smallest absolute Gasteiger partial charge is 0.435 e. The summed E-state index contributed by atoms with van der Waals surface area (Å²) in [5.74, 6) is -1.87. The van der Waals surface area contributed by atoms with E-state index in [-0.39, 0.29) is 23.2 Å². The minimum absolute atomic E-state index is 0.160. The fourth-order valence-electron chi connectivity index (χ4n) is 3.06. The summed E-state index contributed by atoms with van der Waals surface area (Å²) in [5.41, 5.74) is -3.98. The van der Waals surface area contributed by atoms with Gasteiger partial charge in [0, 0.05) is 0 Å². The number of aromatic nitrogens is 4. The van der Waals surface area contributed by atoms with Gasteiger partial charge in [-0.2, -0.15) is 26.3 Å². The quantitative estimate of drug-likeness (QED) is 0.392. The molecule has 0 saturated carbocycles. The van der Waals surface area contributed by atoms with Gasteiger partial charge < -0.3 is 9.72 Å². The van der Waals surface area contributed by atoms with Gasteiger partial charge in [0.05, 0.1) is 23.8 Å². The summed E-state index contributed by atoms with van der Waals surface area (Å²) in [7, 11) is 1.32. The number of hydrogen-bond acceptors (Lipinski definition) is 4. The molecule has 0 amide bonds. The Labute approximate surface area is 174 Å². The van der Waals surface area contributed by atoms with Crippen LogP contribution >= 0.6 is 0 Å². The van der Waals surface area contributed by atoms with Gasteiger partial charge in [-0.3, -0.25) is 0 Å². The second-order valence-electron chi connectivity index (χ2n) is 6.57. The van der Waals surface area contributed by atoms with Gasteiger partial charge in [0.25, 0.3) is 0 Å². The van der Waals surface area contributed by atoms with E-state index in [0.717, 1.165) is 6.07 Å². The predicted octanol–water partition coefficient (Wildman–Crippen LogP) is 5.87. The van der Waals surface area contributed by atoms with Crippen LogP contribution in [0.1, 0.15) is 11.3 Å². The summed E-state index contributed by atoms with van der Waals surface area (Å²) in [6, 6.07) is 7.71. The normalized spacial score (nSPS) is 12.4. The third kappa shape index (κ3) is 3.83. The van der Waals surface area contributed by atoms with Crippen LogP contribution in [0.15, 0.2) is 42.5 Å². The van der Waals surface area contributed by atoms with Crippen molar-refractivity contribution in [1.29, 1.82) is 0 Å². The standard InChI is InChI=1S/C20H11F7N4O/c1-32-13-5-3-2-4-11(13)17-29-15(20(25,26)27)14-18(31-17)30-16(28-14)10-7-6-9(8-12(10)21)19(22,23)24/h2-8H,1H3,(H,28,29,30,31). The zero-order chi connectivity index (χ0) is 23.3. The van der Waals surface area contributed by atoms with Crippen LogP contribution in [0.3, 0.4) is 0 Å². The molecular formula is C20H11F7N4O. The lowest BCUT2D eigenvalue weighted by molar-refractivity contribution is -0.140. The lowest BCUT2D eigenvalue weighted by Gasteiger charge is -2.10. The van der Waals surface area contributed by atoms with Gasteiger partial charge in [0.2, 0.25) is 0 Å². The van der Waals surface area contributed by atoms with Crippen molar-refractivity contribution in [2.24, 2.45) is 0 Å². The van der Waals surface area contributed by atoms with E-state index in [1.807, 2.05) is 0 Å². The summed E-state index contributed by atoms with van der Waals surface area (Å²) >= 11 is 0. The van der Waals surface area contributed by atoms with Gasteiger partial charge in [-0.25, -0.2) is 19.3 Å². The second-order valence-corrected chi connectivity index (χ2v) is 6.57.